The van der Waals surface area contributed by atoms with Crippen molar-refractivity contribution in [3.63, 3.8) is 0 Å². The van der Waals surface area contributed by atoms with E-state index in [9.17, 15) is 18.4 Å². The number of Topliss-reactive ketones (excluding diaryl/α,β-unsaturated/α-hetero) is 1. The Labute approximate surface area is 122 Å². The van der Waals surface area contributed by atoms with Crippen molar-refractivity contribution < 1.29 is 23.1 Å². The standard InChI is InChI=1S/C15H19F2NO3/c1-3-21-14(20)15(16,17)9-11-5-4-8-18-12(10(2)19)6-7-13(11)18/h6-7,11H,3-5,8-9H2,1-2H3. The summed E-state index contributed by atoms with van der Waals surface area (Å²) in [5.74, 6) is -5.49. The third-order valence-corrected chi connectivity index (χ3v) is 3.80. The van der Waals surface area contributed by atoms with Gasteiger partial charge in [-0.1, -0.05) is 0 Å². The quantitative estimate of drug-likeness (QED) is 0.620. The molecule has 6 heteroatoms. The molecule has 1 unspecified atom stereocenters. The van der Waals surface area contributed by atoms with E-state index in [0.29, 0.717) is 30.8 Å². The number of ketones is 1. The molecule has 21 heavy (non-hydrogen) atoms. The monoisotopic (exact) mass is 299 g/mol. The summed E-state index contributed by atoms with van der Waals surface area (Å²) in [5, 5.41) is 0. The highest BCUT2D eigenvalue weighted by Crippen LogP contribution is 2.38. The number of nitrogens with zero attached hydrogens (tertiary/aromatic N) is 1. The summed E-state index contributed by atoms with van der Waals surface area (Å²) in [7, 11) is 0. The van der Waals surface area contributed by atoms with Gasteiger partial charge >= 0.3 is 11.9 Å². The van der Waals surface area contributed by atoms with Crippen molar-refractivity contribution >= 4 is 11.8 Å². The van der Waals surface area contributed by atoms with Gasteiger partial charge in [0.1, 0.15) is 0 Å². The molecule has 4 nitrogen and oxygen atoms in total. The molecule has 1 atom stereocenters. The van der Waals surface area contributed by atoms with Gasteiger partial charge in [-0.15, -0.1) is 0 Å². The normalized spacial score (nSPS) is 18.2. The van der Waals surface area contributed by atoms with Crippen LogP contribution >= 0.6 is 0 Å². The van der Waals surface area contributed by atoms with Gasteiger partial charge in [0.25, 0.3) is 0 Å². The number of rotatable bonds is 5. The lowest BCUT2D eigenvalue weighted by molar-refractivity contribution is -0.173. The van der Waals surface area contributed by atoms with Crippen LogP contribution in [0.3, 0.4) is 0 Å². The van der Waals surface area contributed by atoms with Crippen LogP contribution in [0.25, 0.3) is 0 Å². The lowest BCUT2D eigenvalue weighted by atomic mass is 9.90. The summed E-state index contributed by atoms with van der Waals surface area (Å²) in [6.45, 7) is 3.54. The first kappa shape index (κ1) is 15.7. The van der Waals surface area contributed by atoms with Crippen LogP contribution in [0, 0.1) is 0 Å². The average molecular weight is 299 g/mol. The molecule has 0 fully saturated rings. The summed E-state index contributed by atoms with van der Waals surface area (Å²) in [6.07, 6.45) is 0.717. The molecular weight excluding hydrogens is 280 g/mol. The van der Waals surface area contributed by atoms with Crippen molar-refractivity contribution in [2.45, 2.75) is 51.5 Å². The van der Waals surface area contributed by atoms with E-state index in [2.05, 4.69) is 4.74 Å². The first-order chi connectivity index (χ1) is 9.86. The van der Waals surface area contributed by atoms with Crippen molar-refractivity contribution in [3.05, 3.63) is 23.5 Å². The van der Waals surface area contributed by atoms with Crippen LogP contribution in [0.2, 0.25) is 0 Å². The Bertz CT molecular complexity index is 551. The van der Waals surface area contributed by atoms with Crippen LogP contribution in [-0.2, 0) is 16.1 Å². The van der Waals surface area contributed by atoms with Crippen LogP contribution in [-0.4, -0.2) is 28.8 Å². The molecule has 0 spiro atoms. The second-order valence-corrected chi connectivity index (χ2v) is 5.32. The smallest absolute Gasteiger partial charge is 0.376 e. The summed E-state index contributed by atoms with van der Waals surface area (Å²) < 4.78 is 34.0. The van der Waals surface area contributed by atoms with Crippen LogP contribution < -0.4 is 0 Å². The molecule has 0 aliphatic carbocycles. The SMILES string of the molecule is CCOC(=O)C(F)(F)CC1CCCn2c(C(C)=O)ccc21. The van der Waals surface area contributed by atoms with Gasteiger partial charge in [-0.3, -0.25) is 4.79 Å². The summed E-state index contributed by atoms with van der Waals surface area (Å²) in [4.78, 5) is 22.9. The van der Waals surface area contributed by atoms with Crippen LogP contribution in [0.15, 0.2) is 12.1 Å². The van der Waals surface area contributed by atoms with Gasteiger partial charge in [0, 0.05) is 31.5 Å². The highest BCUT2D eigenvalue weighted by molar-refractivity contribution is 5.92. The molecule has 1 aromatic heterocycles. The first-order valence-electron chi connectivity index (χ1n) is 7.12. The fourth-order valence-electron chi connectivity index (χ4n) is 2.88. The van der Waals surface area contributed by atoms with Gasteiger partial charge < -0.3 is 9.30 Å². The number of halogens is 2. The maximum Gasteiger partial charge on any atom is 0.376 e. The van der Waals surface area contributed by atoms with Crippen molar-refractivity contribution in [1.82, 2.24) is 4.57 Å². The largest absolute Gasteiger partial charge is 0.462 e. The second kappa shape index (κ2) is 5.95. The number of alkyl halides is 2. The molecular formula is C15H19F2NO3. The lowest BCUT2D eigenvalue weighted by Gasteiger charge is -2.28. The minimum Gasteiger partial charge on any atom is -0.462 e. The highest BCUT2D eigenvalue weighted by atomic mass is 19.3. The molecule has 0 N–H and O–H groups in total. The first-order valence-corrected chi connectivity index (χ1v) is 7.12. The van der Waals surface area contributed by atoms with Gasteiger partial charge in [-0.25, -0.2) is 4.79 Å². The summed E-state index contributed by atoms with van der Waals surface area (Å²) in [6, 6.07) is 3.38. The van der Waals surface area contributed by atoms with E-state index in [1.54, 1.807) is 16.7 Å². The molecule has 0 bridgehead atoms. The van der Waals surface area contributed by atoms with E-state index in [4.69, 9.17) is 0 Å². The van der Waals surface area contributed by atoms with E-state index in [1.165, 1.54) is 13.8 Å². The number of esters is 1. The number of hydrogen-bond acceptors (Lipinski definition) is 3. The van der Waals surface area contributed by atoms with Crippen LogP contribution in [0.5, 0.6) is 0 Å². The van der Waals surface area contributed by atoms with Gasteiger partial charge in [0.15, 0.2) is 5.78 Å². The van der Waals surface area contributed by atoms with Gasteiger partial charge in [-0.2, -0.15) is 8.78 Å². The Morgan fingerprint density at radius 1 is 1.43 bits per heavy atom. The molecule has 0 saturated heterocycles. The molecule has 0 radical (unpaired) electrons. The van der Waals surface area contributed by atoms with E-state index < -0.39 is 24.2 Å². The Hall–Kier alpha value is -1.72. The van der Waals surface area contributed by atoms with Crippen molar-refractivity contribution in [2.24, 2.45) is 0 Å². The molecule has 1 aliphatic heterocycles. The Balaban J connectivity index is 2.21. The van der Waals surface area contributed by atoms with E-state index in [0.717, 1.165) is 0 Å². The highest BCUT2D eigenvalue weighted by Gasteiger charge is 2.44. The van der Waals surface area contributed by atoms with Gasteiger partial charge in [0.05, 0.1) is 12.3 Å². The van der Waals surface area contributed by atoms with Crippen molar-refractivity contribution in [3.8, 4) is 0 Å². The predicted molar refractivity (Wildman–Crippen MR) is 72.6 cm³/mol. The Kier molecular flexibility index (Phi) is 4.44. The maximum atomic E-state index is 13.9. The molecule has 2 heterocycles. The van der Waals surface area contributed by atoms with Gasteiger partial charge in [-0.05, 0) is 31.9 Å². The zero-order valence-corrected chi connectivity index (χ0v) is 12.2. The molecule has 0 amide bonds. The summed E-state index contributed by atoms with van der Waals surface area (Å²) in [5.41, 5.74) is 1.24. The zero-order chi connectivity index (χ0) is 15.6. The van der Waals surface area contributed by atoms with E-state index in [1.807, 2.05) is 0 Å². The number of carbonyl (C=O) groups excluding carboxylic acids is 2. The third kappa shape index (κ3) is 3.14. The maximum absolute atomic E-state index is 13.9. The van der Waals surface area contributed by atoms with Crippen molar-refractivity contribution in [2.75, 3.05) is 6.61 Å². The molecule has 0 saturated carbocycles. The molecule has 116 valence electrons. The fourth-order valence-corrected chi connectivity index (χ4v) is 2.88. The van der Waals surface area contributed by atoms with E-state index >= 15 is 0 Å². The topological polar surface area (TPSA) is 48.3 Å². The minimum absolute atomic E-state index is 0.0655. The Morgan fingerprint density at radius 3 is 2.76 bits per heavy atom. The number of fused-ring (bicyclic) bond motifs is 1. The van der Waals surface area contributed by atoms with Gasteiger partial charge in [0.2, 0.25) is 0 Å². The Morgan fingerprint density at radius 2 is 2.14 bits per heavy atom. The predicted octanol–water partition coefficient (Wildman–Crippen LogP) is 3.16. The third-order valence-electron chi connectivity index (χ3n) is 3.80. The fraction of sp³-hybridized carbons (Fsp3) is 0.600. The second-order valence-electron chi connectivity index (χ2n) is 5.32. The summed E-state index contributed by atoms with van der Waals surface area (Å²) >= 11 is 0. The lowest BCUT2D eigenvalue weighted by Crippen LogP contribution is -2.34. The molecule has 1 aromatic rings. The van der Waals surface area contributed by atoms with E-state index in [-0.39, 0.29) is 12.4 Å². The zero-order valence-electron chi connectivity index (χ0n) is 12.2. The number of hydrogen-bond donors (Lipinski definition) is 0. The minimum atomic E-state index is -3.50. The number of ether oxygens (including phenoxy) is 1. The molecule has 0 aromatic carbocycles. The van der Waals surface area contributed by atoms with Crippen LogP contribution in [0.1, 0.15) is 55.2 Å². The number of aromatic nitrogens is 1. The average Bonchev–Trinajstić information content (AvgIpc) is 2.83. The molecule has 2 rings (SSSR count). The molecule has 1 aliphatic rings. The van der Waals surface area contributed by atoms with Crippen molar-refractivity contribution in [1.29, 1.82) is 0 Å². The number of carbonyl (C=O) groups is 2. The van der Waals surface area contributed by atoms with Crippen LogP contribution in [0.4, 0.5) is 8.78 Å².